The van der Waals surface area contributed by atoms with E-state index >= 15 is 0 Å². The summed E-state index contributed by atoms with van der Waals surface area (Å²) < 4.78 is 5.68. The lowest BCUT2D eigenvalue weighted by molar-refractivity contribution is -0.127. The van der Waals surface area contributed by atoms with Crippen LogP contribution in [0.1, 0.15) is 21.7 Å². The normalized spacial score (nSPS) is 14.4. The molecule has 2 heterocycles. The number of carbonyl (C=O) groups excluding carboxylic acids is 3. The van der Waals surface area contributed by atoms with Gasteiger partial charge >= 0.3 is 12.0 Å². The summed E-state index contributed by atoms with van der Waals surface area (Å²) in [6.45, 7) is 1.46. The van der Waals surface area contributed by atoms with Gasteiger partial charge in [0.1, 0.15) is 23.8 Å². The molecule has 0 spiro atoms. The number of nitrogens with one attached hydrogen (secondary N) is 2. The highest BCUT2D eigenvalue weighted by Gasteiger charge is 2.35. The van der Waals surface area contributed by atoms with Crippen molar-refractivity contribution in [2.45, 2.75) is 6.92 Å². The van der Waals surface area contributed by atoms with E-state index in [4.69, 9.17) is 16.0 Å². The zero-order valence-corrected chi connectivity index (χ0v) is 18.6. The molecule has 3 N–H and O–H groups in total. The van der Waals surface area contributed by atoms with Crippen LogP contribution in [0.2, 0.25) is 5.02 Å². The smallest absolute Gasteiger partial charge is 0.337 e. The van der Waals surface area contributed by atoms with Crippen LogP contribution in [0.25, 0.3) is 17.4 Å². The molecule has 1 aromatic heterocycles. The monoisotopic (exact) mass is 479 g/mol. The van der Waals surface area contributed by atoms with Gasteiger partial charge in [-0.25, -0.2) is 14.5 Å². The molecule has 10 heteroatoms. The second-order valence-corrected chi connectivity index (χ2v) is 7.90. The Labute approximate surface area is 198 Å². The van der Waals surface area contributed by atoms with E-state index in [1.807, 2.05) is 19.1 Å². The summed E-state index contributed by atoms with van der Waals surface area (Å²) >= 11 is 5.90. The predicted octanol–water partition coefficient (Wildman–Crippen LogP) is 4.14. The Kier molecular flexibility index (Phi) is 6.20. The van der Waals surface area contributed by atoms with Crippen LogP contribution < -0.4 is 10.6 Å². The van der Waals surface area contributed by atoms with Gasteiger partial charge in [0.25, 0.3) is 5.91 Å². The molecule has 1 aliphatic rings. The van der Waals surface area contributed by atoms with Crippen molar-refractivity contribution >= 4 is 47.2 Å². The standard InChI is InChI=1S/C24H18ClN3O6/c1-13-2-5-15(6-3-13)26-21(29)12-28-22(30)19(27-24(28)33)11-16-7-9-20(34-16)14-4-8-18(25)17(10-14)23(31)32/h2-11H,12H2,1H3,(H,26,29)(H,27,33)(H,31,32)/b19-11-. The van der Waals surface area contributed by atoms with Crippen LogP contribution in [0.3, 0.4) is 0 Å². The molecule has 34 heavy (non-hydrogen) atoms. The highest BCUT2D eigenvalue weighted by Crippen LogP contribution is 2.28. The Hall–Kier alpha value is -4.37. The summed E-state index contributed by atoms with van der Waals surface area (Å²) in [7, 11) is 0. The van der Waals surface area contributed by atoms with Gasteiger partial charge in [0.05, 0.1) is 10.6 Å². The molecule has 2 aromatic carbocycles. The van der Waals surface area contributed by atoms with Gasteiger partial charge in [-0.05, 0) is 49.4 Å². The van der Waals surface area contributed by atoms with Crippen LogP contribution in [0.4, 0.5) is 10.5 Å². The first-order valence-corrected chi connectivity index (χ1v) is 10.4. The zero-order valence-electron chi connectivity index (χ0n) is 17.8. The number of nitrogens with zero attached hydrogens (tertiary/aromatic N) is 1. The molecule has 3 aromatic rings. The molecule has 4 rings (SSSR count). The van der Waals surface area contributed by atoms with E-state index in [2.05, 4.69) is 10.6 Å². The Morgan fingerprint density at radius 3 is 2.56 bits per heavy atom. The first-order valence-electron chi connectivity index (χ1n) is 10.1. The van der Waals surface area contributed by atoms with E-state index in [0.29, 0.717) is 17.0 Å². The molecule has 0 aliphatic carbocycles. The molecular weight excluding hydrogens is 462 g/mol. The number of carboxylic acid groups (broad SMARTS) is 1. The maximum absolute atomic E-state index is 12.7. The number of furan rings is 1. The van der Waals surface area contributed by atoms with Gasteiger partial charge in [-0.15, -0.1) is 0 Å². The molecule has 9 nitrogen and oxygen atoms in total. The predicted molar refractivity (Wildman–Crippen MR) is 124 cm³/mol. The average Bonchev–Trinajstić information content (AvgIpc) is 3.36. The highest BCUT2D eigenvalue weighted by atomic mass is 35.5. The van der Waals surface area contributed by atoms with Gasteiger partial charge in [0.2, 0.25) is 5.91 Å². The van der Waals surface area contributed by atoms with E-state index in [-0.39, 0.29) is 22.0 Å². The van der Waals surface area contributed by atoms with Crippen LogP contribution in [0.15, 0.2) is 64.7 Å². The summed E-state index contributed by atoms with van der Waals surface area (Å²) in [5, 5.41) is 14.4. The average molecular weight is 480 g/mol. The van der Waals surface area contributed by atoms with Gasteiger partial charge in [-0.1, -0.05) is 29.3 Å². The third-order valence-corrected chi connectivity index (χ3v) is 5.32. The van der Waals surface area contributed by atoms with Gasteiger partial charge in [-0.2, -0.15) is 0 Å². The maximum Gasteiger partial charge on any atom is 0.337 e. The van der Waals surface area contributed by atoms with Crippen molar-refractivity contribution in [3.05, 3.63) is 82.2 Å². The fourth-order valence-corrected chi connectivity index (χ4v) is 3.46. The Morgan fingerprint density at radius 1 is 1.12 bits per heavy atom. The SMILES string of the molecule is Cc1ccc(NC(=O)CN2C(=O)N/C(=C\c3ccc(-c4ccc(Cl)c(C(=O)O)c4)o3)C2=O)cc1. The first kappa shape index (κ1) is 22.8. The van der Waals surface area contributed by atoms with Crippen molar-refractivity contribution in [3.8, 4) is 11.3 Å². The van der Waals surface area contributed by atoms with E-state index in [9.17, 15) is 24.3 Å². The topological polar surface area (TPSA) is 129 Å². The van der Waals surface area contributed by atoms with Gasteiger partial charge in [-0.3, -0.25) is 9.59 Å². The van der Waals surface area contributed by atoms with Crippen LogP contribution in [0, 0.1) is 6.92 Å². The fourth-order valence-electron chi connectivity index (χ4n) is 3.27. The lowest BCUT2D eigenvalue weighted by atomic mass is 10.1. The van der Waals surface area contributed by atoms with Crippen molar-refractivity contribution in [2.75, 3.05) is 11.9 Å². The molecule has 1 saturated heterocycles. The van der Waals surface area contributed by atoms with Gasteiger partial charge in [0.15, 0.2) is 0 Å². The lowest BCUT2D eigenvalue weighted by Gasteiger charge is -2.12. The summed E-state index contributed by atoms with van der Waals surface area (Å²) in [5.41, 5.74) is 1.92. The lowest BCUT2D eigenvalue weighted by Crippen LogP contribution is -2.38. The van der Waals surface area contributed by atoms with E-state index in [1.54, 1.807) is 30.3 Å². The van der Waals surface area contributed by atoms with Crippen molar-refractivity contribution in [1.29, 1.82) is 0 Å². The molecule has 0 atom stereocenters. The minimum Gasteiger partial charge on any atom is -0.478 e. The van der Waals surface area contributed by atoms with Crippen molar-refractivity contribution < 1.29 is 28.7 Å². The minimum atomic E-state index is -1.17. The third kappa shape index (κ3) is 4.84. The Bertz CT molecular complexity index is 1340. The number of imide groups is 1. The molecule has 0 radical (unpaired) electrons. The number of urea groups is 1. The van der Waals surface area contributed by atoms with Crippen LogP contribution >= 0.6 is 11.6 Å². The quantitative estimate of drug-likeness (QED) is 0.360. The number of amides is 4. The molecule has 1 fully saturated rings. The number of rotatable bonds is 6. The number of hydrogen-bond donors (Lipinski definition) is 3. The summed E-state index contributed by atoms with van der Waals surface area (Å²) in [4.78, 5) is 49.3. The highest BCUT2D eigenvalue weighted by molar-refractivity contribution is 6.33. The summed E-state index contributed by atoms with van der Waals surface area (Å²) in [5.74, 6) is -1.78. The molecule has 172 valence electrons. The number of carboxylic acids is 1. The van der Waals surface area contributed by atoms with Gasteiger partial charge in [0, 0.05) is 17.3 Å². The van der Waals surface area contributed by atoms with Crippen molar-refractivity contribution in [1.82, 2.24) is 10.2 Å². The minimum absolute atomic E-state index is 0.0589. The summed E-state index contributed by atoms with van der Waals surface area (Å²) in [6.07, 6.45) is 1.33. The summed E-state index contributed by atoms with van der Waals surface area (Å²) in [6, 6.07) is 13.9. The number of anilines is 1. The fraction of sp³-hybridized carbons (Fsp3) is 0.0833. The largest absolute Gasteiger partial charge is 0.478 e. The molecule has 0 saturated carbocycles. The molecule has 0 unspecified atom stereocenters. The Morgan fingerprint density at radius 2 is 1.85 bits per heavy atom. The number of aromatic carboxylic acids is 1. The molecule has 1 aliphatic heterocycles. The van der Waals surface area contributed by atoms with E-state index in [0.717, 1.165) is 10.5 Å². The number of halogens is 1. The maximum atomic E-state index is 12.7. The van der Waals surface area contributed by atoms with Crippen molar-refractivity contribution in [2.24, 2.45) is 0 Å². The molecule has 4 amide bonds. The first-order chi connectivity index (χ1) is 16.2. The van der Waals surface area contributed by atoms with Crippen LogP contribution in [-0.2, 0) is 9.59 Å². The second kappa shape index (κ2) is 9.24. The number of hydrogen-bond acceptors (Lipinski definition) is 5. The van der Waals surface area contributed by atoms with Crippen molar-refractivity contribution in [3.63, 3.8) is 0 Å². The van der Waals surface area contributed by atoms with E-state index in [1.165, 1.54) is 18.2 Å². The third-order valence-electron chi connectivity index (χ3n) is 4.99. The molecular formula is C24H18ClN3O6. The zero-order chi connectivity index (χ0) is 24.4. The Balaban J connectivity index is 1.47. The van der Waals surface area contributed by atoms with Crippen LogP contribution in [-0.4, -0.2) is 40.4 Å². The second-order valence-electron chi connectivity index (χ2n) is 7.50. The molecule has 0 bridgehead atoms. The number of carbonyl (C=O) groups is 4. The van der Waals surface area contributed by atoms with Crippen LogP contribution in [0.5, 0.6) is 0 Å². The number of benzene rings is 2. The van der Waals surface area contributed by atoms with E-state index < -0.39 is 30.4 Å². The van der Waals surface area contributed by atoms with Gasteiger partial charge < -0.3 is 20.2 Å². The number of aryl methyl sites for hydroxylation is 1.